The molecule has 9 nitrogen and oxygen atoms in total. The molecule has 11 heteroatoms. The fourth-order valence-electron chi connectivity index (χ4n) is 3.84. The number of hydrogen-bond acceptors (Lipinski definition) is 9. The third kappa shape index (κ3) is 8.60. The second-order valence-corrected chi connectivity index (χ2v) is 14.8. The molecule has 2 N–H and O–H groups in total. The Bertz CT molecular complexity index is 448. The van der Waals surface area contributed by atoms with Gasteiger partial charge in [0.05, 0.1) is 17.7 Å². The van der Waals surface area contributed by atoms with Crippen LogP contribution in [0.4, 0.5) is 0 Å². The van der Waals surface area contributed by atoms with E-state index in [0.717, 1.165) is 38.5 Å². The molecule has 0 saturated heterocycles. The number of ether oxygens (including phenoxy) is 2. The van der Waals surface area contributed by atoms with E-state index in [4.69, 9.17) is 41.8 Å². The molecule has 0 aromatic heterocycles. The summed E-state index contributed by atoms with van der Waals surface area (Å²) in [6.07, 6.45) is 4.70. The van der Waals surface area contributed by atoms with Crippen LogP contribution in [0.2, 0.25) is 0 Å². The van der Waals surface area contributed by atoms with E-state index in [1.54, 1.807) is 42.7 Å². The smallest absolute Gasteiger partial charge is 0.375 e. The Hall–Kier alpha value is 0.0738. The average Bonchev–Trinajstić information content (AvgIpc) is 2.82. The Morgan fingerprint density at radius 2 is 0.909 bits per heavy atom. The normalized spacial score (nSPS) is 18.5. The fraction of sp³-hybridized carbons (Fsp3) is 1.00. The van der Waals surface area contributed by atoms with E-state index in [1.807, 2.05) is 20.8 Å². The highest BCUT2D eigenvalue weighted by atomic mass is 28.4. The molecule has 0 fully saturated rings. The van der Waals surface area contributed by atoms with Crippen molar-refractivity contribution >= 4 is 17.6 Å². The fourth-order valence-corrected chi connectivity index (χ4v) is 8.27. The van der Waals surface area contributed by atoms with Crippen molar-refractivity contribution in [2.75, 3.05) is 42.7 Å². The lowest BCUT2D eigenvalue weighted by atomic mass is 9.91. The van der Waals surface area contributed by atoms with Crippen molar-refractivity contribution in [3.05, 3.63) is 0 Å². The first-order chi connectivity index (χ1) is 15.5. The summed E-state index contributed by atoms with van der Waals surface area (Å²) < 4.78 is 47.3. The maximum Gasteiger partial charge on any atom is 0.530 e. The maximum atomic E-state index is 6.83. The Kier molecular flexibility index (Phi) is 16.0. The highest BCUT2D eigenvalue weighted by molar-refractivity contribution is 6.62. The van der Waals surface area contributed by atoms with Gasteiger partial charge in [0.1, 0.15) is 11.5 Å². The van der Waals surface area contributed by atoms with Crippen molar-refractivity contribution in [1.82, 2.24) is 0 Å². The van der Waals surface area contributed by atoms with Crippen molar-refractivity contribution in [3.63, 3.8) is 0 Å². The molecule has 0 aromatic rings. The molecule has 33 heavy (non-hydrogen) atoms. The monoisotopic (exact) mass is 513 g/mol. The minimum atomic E-state index is -3.03. The van der Waals surface area contributed by atoms with E-state index in [2.05, 4.69) is 13.8 Å². The first-order valence-corrected chi connectivity index (χ1v) is 15.6. The summed E-state index contributed by atoms with van der Waals surface area (Å²) in [7, 11) is 3.54. The molecule has 4 unspecified atom stereocenters. The number of nitrogens with two attached hydrogens (primary N) is 1. The number of hydrogen-bond donors (Lipinski definition) is 1. The molecule has 0 heterocycles. The number of rotatable bonds is 20. The first kappa shape index (κ1) is 33.1. The van der Waals surface area contributed by atoms with Gasteiger partial charge in [0.25, 0.3) is 0 Å². The van der Waals surface area contributed by atoms with Crippen LogP contribution in [0.25, 0.3) is 0 Å². The van der Waals surface area contributed by atoms with Gasteiger partial charge in [-0.05, 0) is 33.6 Å². The van der Waals surface area contributed by atoms with Gasteiger partial charge in [-0.1, -0.05) is 39.5 Å². The molecule has 0 amide bonds. The molecule has 0 bridgehead atoms. The molecule has 0 spiro atoms. The van der Waals surface area contributed by atoms with E-state index < -0.39 is 23.1 Å². The summed E-state index contributed by atoms with van der Waals surface area (Å²) in [5.74, 6) is 0. The largest absolute Gasteiger partial charge is 0.530 e. The quantitative estimate of drug-likeness (QED) is 0.245. The van der Waals surface area contributed by atoms with E-state index >= 15 is 0 Å². The van der Waals surface area contributed by atoms with Crippen molar-refractivity contribution in [3.8, 4) is 0 Å². The zero-order valence-electron chi connectivity index (χ0n) is 22.9. The van der Waals surface area contributed by atoms with E-state index in [0.29, 0.717) is 0 Å². The van der Waals surface area contributed by atoms with Crippen LogP contribution in [0.1, 0.15) is 73.1 Å². The molecule has 4 atom stereocenters. The highest BCUT2D eigenvalue weighted by Gasteiger charge is 2.53. The minimum absolute atomic E-state index is 0.344. The van der Waals surface area contributed by atoms with Gasteiger partial charge in [0, 0.05) is 42.7 Å². The summed E-state index contributed by atoms with van der Waals surface area (Å²) in [6, 6.07) is 0. The Labute approximate surface area is 204 Å². The average molecular weight is 514 g/mol. The lowest BCUT2D eigenvalue weighted by Crippen LogP contribution is -2.64. The molecule has 0 aliphatic carbocycles. The van der Waals surface area contributed by atoms with Gasteiger partial charge in [0.15, 0.2) is 0 Å². The zero-order valence-corrected chi connectivity index (χ0v) is 24.9. The third-order valence-electron chi connectivity index (χ3n) is 6.62. The van der Waals surface area contributed by atoms with Crippen LogP contribution in [-0.2, 0) is 36.0 Å². The molecule has 0 saturated carbocycles. The second kappa shape index (κ2) is 15.9. The number of unbranched alkanes of at least 4 members (excludes halogenated alkanes) is 2. The third-order valence-corrected chi connectivity index (χ3v) is 12.5. The van der Waals surface area contributed by atoms with Gasteiger partial charge in [-0.25, -0.2) is 0 Å². The van der Waals surface area contributed by atoms with Crippen molar-refractivity contribution in [2.45, 2.75) is 102 Å². The second-order valence-electron chi connectivity index (χ2n) is 8.62. The summed E-state index contributed by atoms with van der Waals surface area (Å²) in [4.78, 5) is 0. The minimum Gasteiger partial charge on any atom is -0.375 e. The maximum absolute atomic E-state index is 6.83. The van der Waals surface area contributed by atoms with Crippen LogP contribution in [0, 0.1) is 0 Å². The Morgan fingerprint density at radius 1 is 0.636 bits per heavy atom. The highest BCUT2D eigenvalue weighted by Crippen LogP contribution is 2.29. The zero-order chi connectivity index (χ0) is 25.7. The summed E-state index contributed by atoms with van der Waals surface area (Å²) in [5.41, 5.74) is 5.31. The van der Waals surface area contributed by atoms with Gasteiger partial charge in [0.2, 0.25) is 0 Å². The Morgan fingerprint density at radius 3 is 1.12 bits per heavy atom. The van der Waals surface area contributed by atoms with Crippen molar-refractivity contribution < 1.29 is 36.0 Å². The van der Waals surface area contributed by atoms with E-state index in [1.165, 1.54) is 0 Å². The predicted octanol–water partition coefficient (Wildman–Crippen LogP) is 3.47. The lowest BCUT2D eigenvalue weighted by Gasteiger charge is -2.43. The van der Waals surface area contributed by atoms with Crippen LogP contribution in [0.5, 0.6) is 0 Å². The van der Waals surface area contributed by atoms with Crippen molar-refractivity contribution in [1.29, 1.82) is 0 Å². The van der Waals surface area contributed by atoms with Crippen molar-refractivity contribution in [2.24, 2.45) is 5.73 Å². The van der Waals surface area contributed by atoms with Gasteiger partial charge < -0.3 is 41.8 Å². The molecular weight excluding hydrogens is 462 g/mol. The van der Waals surface area contributed by atoms with E-state index in [-0.39, 0.29) is 23.7 Å². The van der Waals surface area contributed by atoms with E-state index in [9.17, 15) is 0 Å². The molecule has 0 aliphatic heterocycles. The lowest BCUT2D eigenvalue weighted by molar-refractivity contribution is -0.108. The molecular formula is C22H51NO8Si2. The van der Waals surface area contributed by atoms with Gasteiger partial charge in [-0.2, -0.15) is 0 Å². The summed E-state index contributed by atoms with van der Waals surface area (Å²) in [6.45, 7) is 10.1. The molecule has 0 radical (unpaired) electrons. The SMILES string of the molecule is CCCCC(OC(C)C(C)(N)C(C)OC(CCCC)[Si](OC)(OC)OC)[Si](OC)(OC)OC. The van der Waals surface area contributed by atoms with Crippen LogP contribution in [0.15, 0.2) is 0 Å². The van der Waals surface area contributed by atoms with Crippen LogP contribution in [-0.4, -0.2) is 89.5 Å². The standard InChI is InChI=1S/C22H51NO8Si2/c1-12-14-16-20(32(24-6,25-7)26-8)30-18(3)22(5,23)19(4)31-21(17-15-13-2)33(27-9,28-10)29-11/h18-21H,12-17,23H2,1-11H3. The first-order valence-electron chi connectivity index (χ1n) is 11.9. The van der Waals surface area contributed by atoms with Crippen LogP contribution >= 0.6 is 0 Å². The van der Waals surface area contributed by atoms with Crippen LogP contribution < -0.4 is 5.73 Å². The topological polar surface area (TPSA) is 99.9 Å². The van der Waals surface area contributed by atoms with Gasteiger partial charge in [-0.15, -0.1) is 0 Å². The molecule has 0 aromatic carbocycles. The molecule has 0 rings (SSSR count). The summed E-state index contributed by atoms with van der Waals surface area (Å²) >= 11 is 0. The summed E-state index contributed by atoms with van der Waals surface area (Å²) in [5, 5.41) is 0. The van der Waals surface area contributed by atoms with Gasteiger partial charge in [-0.3, -0.25) is 0 Å². The molecule has 200 valence electrons. The van der Waals surface area contributed by atoms with Gasteiger partial charge >= 0.3 is 17.6 Å². The molecule has 0 aliphatic rings. The van der Waals surface area contributed by atoms with Crippen LogP contribution in [0.3, 0.4) is 0 Å². The predicted molar refractivity (Wildman–Crippen MR) is 134 cm³/mol. The Balaban J connectivity index is 5.73.